The molecule has 14 heteroatoms. The number of urea groups is 1. The number of alkyl halides is 6. The van der Waals surface area contributed by atoms with Crippen LogP contribution in [0.2, 0.25) is 0 Å². The molecule has 2 rings (SSSR count). The van der Waals surface area contributed by atoms with Crippen LogP contribution < -0.4 is 14.2 Å². The molecule has 0 aliphatic heterocycles. The Labute approximate surface area is 204 Å². The second-order valence-electron chi connectivity index (χ2n) is 7.86. The number of halogens is 6. The van der Waals surface area contributed by atoms with E-state index in [0.717, 1.165) is 4.90 Å². The van der Waals surface area contributed by atoms with E-state index < -0.39 is 51.4 Å². The number of hydrogen-bond donors (Lipinski definition) is 1. The Hall–Kier alpha value is -3.16. The number of amides is 2. The van der Waals surface area contributed by atoms with Crippen molar-refractivity contribution < 1.29 is 48.5 Å². The van der Waals surface area contributed by atoms with Gasteiger partial charge in [-0.25, -0.2) is 4.79 Å². The molecule has 0 aliphatic rings. The maximum Gasteiger partial charge on any atom is 0.416 e. The molecule has 2 amide bonds. The number of benzene rings is 2. The Morgan fingerprint density at radius 3 is 1.97 bits per heavy atom. The third kappa shape index (κ3) is 7.67. The Morgan fingerprint density at radius 1 is 0.972 bits per heavy atom. The molecule has 0 fully saturated rings. The van der Waals surface area contributed by atoms with Gasteiger partial charge in [0.15, 0.2) is 11.5 Å². The van der Waals surface area contributed by atoms with Gasteiger partial charge in [-0.3, -0.25) is 0 Å². The van der Waals surface area contributed by atoms with Crippen molar-refractivity contribution >= 4 is 21.8 Å². The monoisotopic (exact) mass is 542 g/mol. The number of carbonyl (C=O) groups excluding carboxylic acids is 1. The van der Waals surface area contributed by atoms with Gasteiger partial charge in [-0.15, -0.1) is 0 Å². The van der Waals surface area contributed by atoms with Crippen LogP contribution in [0.1, 0.15) is 37.5 Å². The van der Waals surface area contributed by atoms with Gasteiger partial charge >= 0.3 is 28.5 Å². The van der Waals surface area contributed by atoms with E-state index in [1.165, 1.54) is 32.2 Å². The van der Waals surface area contributed by atoms with E-state index in [2.05, 4.69) is 5.32 Å². The van der Waals surface area contributed by atoms with Crippen molar-refractivity contribution in [1.29, 1.82) is 0 Å². The predicted molar refractivity (Wildman–Crippen MR) is 119 cm³/mol. The zero-order chi connectivity index (χ0) is 27.5. The highest BCUT2D eigenvalue weighted by Gasteiger charge is 2.37. The topological polar surface area (TPSA) is 84.9 Å². The Bertz CT molecular complexity index is 1160. The molecule has 0 bridgehead atoms. The summed E-state index contributed by atoms with van der Waals surface area (Å²) in [4.78, 5) is 14.0. The highest BCUT2D eigenvalue weighted by atomic mass is 32.2. The number of hydrogen-bond acceptors (Lipinski definition) is 5. The normalized spacial score (nSPS) is 12.4. The minimum Gasteiger partial charge on any atom is -0.493 e. The molecule has 36 heavy (non-hydrogen) atoms. The quantitative estimate of drug-likeness (QED) is 0.332. The number of anilines is 1. The summed E-state index contributed by atoms with van der Waals surface area (Å²) >= 11 is 0. The van der Waals surface area contributed by atoms with Gasteiger partial charge in [-0.1, -0.05) is 6.07 Å². The van der Waals surface area contributed by atoms with Crippen molar-refractivity contribution in [2.75, 3.05) is 18.2 Å². The van der Waals surface area contributed by atoms with Crippen molar-refractivity contribution in [1.82, 2.24) is 4.90 Å². The Balaban J connectivity index is 2.38. The summed E-state index contributed by atoms with van der Waals surface area (Å²) in [5.41, 5.74) is -3.47. The van der Waals surface area contributed by atoms with E-state index in [4.69, 9.17) is 8.92 Å². The molecule has 0 radical (unpaired) electrons. The summed E-state index contributed by atoms with van der Waals surface area (Å²) in [6.07, 6.45) is -10.1. The van der Waals surface area contributed by atoms with Crippen LogP contribution in [0.5, 0.6) is 11.5 Å². The van der Waals surface area contributed by atoms with Crippen molar-refractivity contribution in [3.8, 4) is 11.5 Å². The zero-order valence-electron chi connectivity index (χ0n) is 19.6. The first-order valence-corrected chi connectivity index (χ1v) is 12.0. The molecule has 0 atom stereocenters. The maximum atomic E-state index is 13.1. The molecule has 0 spiro atoms. The smallest absolute Gasteiger partial charge is 0.416 e. The van der Waals surface area contributed by atoms with Crippen LogP contribution in [0.15, 0.2) is 36.4 Å². The summed E-state index contributed by atoms with van der Waals surface area (Å²) in [5, 5.41) is 2.09. The third-order valence-electron chi connectivity index (χ3n) is 4.87. The molecular weight excluding hydrogens is 518 g/mol. The largest absolute Gasteiger partial charge is 0.493 e. The van der Waals surface area contributed by atoms with E-state index in [0.29, 0.717) is 17.7 Å². The summed E-state index contributed by atoms with van der Waals surface area (Å²) in [6, 6.07) is 3.44. The molecule has 200 valence electrons. The van der Waals surface area contributed by atoms with Crippen LogP contribution in [0.25, 0.3) is 0 Å². The minimum absolute atomic E-state index is 0.0426. The number of nitrogens with one attached hydrogen (secondary N) is 1. The van der Waals surface area contributed by atoms with E-state index >= 15 is 0 Å². The van der Waals surface area contributed by atoms with Crippen LogP contribution in [-0.4, -0.2) is 38.3 Å². The first kappa shape index (κ1) is 29.1. The first-order chi connectivity index (χ1) is 16.5. The summed E-state index contributed by atoms with van der Waals surface area (Å²) < 4.78 is 113. The van der Waals surface area contributed by atoms with Crippen molar-refractivity contribution in [2.45, 2.75) is 45.7 Å². The van der Waals surface area contributed by atoms with E-state index in [1.54, 1.807) is 13.8 Å². The fourth-order valence-corrected chi connectivity index (χ4v) is 3.51. The lowest BCUT2D eigenvalue weighted by atomic mass is 10.1. The van der Waals surface area contributed by atoms with Crippen LogP contribution in [0.4, 0.5) is 36.8 Å². The molecule has 0 aromatic heterocycles. The lowest BCUT2D eigenvalue weighted by molar-refractivity contribution is -0.143. The number of carbonyl (C=O) groups is 1. The average Bonchev–Trinajstić information content (AvgIpc) is 2.75. The summed E-state index contributed by atoms with van der Waals surface area (Å²) in [6.45, 7) is 4.35. The molecule has 1 N–H and O–H groups in total. The molecule has 0 aliphatic carbocycles. The van der Waals surface area contributed by atoms with E-state index in [-0.39, 0.29) is 29.9 Å². The number of ether oxygens (including phenoxy) is 1. The highest BCUT2D eigenvalue weighted by molar-refractivity contribution is 7.87. The molecular formula is C22H24F6N2O5S. The van der Waals surface area contributed by atoms with Crippen LogP contribution in [0, 0.1) is 0 Å². The minimum atomic E-state index is -5.07. The second kappa shape index (κ2) is 10.8. The molecule has 7 nitrogen and oxygen atoms in total. The number of rotatable bonds is 8. The Kier molecular flexibility index (Phi) is 8.76. The third-order valence-corrected chi connectivity index (χ3v) is 6.02. The molecule has 0 saturated carbocycles. The summed E-state index contributed by atoms with van der Waals surface area (Å²) in [5.74, 6) is -0.369. The van der Waals surface area contributed by atoms with Gasteiger partial charge < -0.3 is 19.1 Å². The maximum absolute atomic E-state index is 13.1. The zero-order valence-corrected chi connectivity index (χ0v) is 20.4. The van der Waals surface area contributed by atoms with Crippen LogP contribution >= 0.6 is 0 Å². The molecule has 2 aromatic rings. The van der Waals surface area contributed by atoms with Gasteiger partial charge in [0.2, 0.25) is 0 Å². The van der Waals surface area contributed by atoms with Gasteiger partial charge in [-0.05, 0) is 56.7 Å². The lowest BCUT2D eigenvalue weighted by Crippen LogP contribution is -2.39. The van der Waals surface area contributed by atoms with Gasteiger partial charge in [0.1, 0.15) is 0 Å². The fourth-order valence-electron chi connectivity index (χ4n) is 2.99. The van der Waals surface area contributed by atoms with Crippen molar-refractivity contribution in [3.63, 3.8) is 0 Å². The molecule has 0 saturated heterocycles. The van der Waals surface area contributed by atoms with Gasteiger partial charge in [0.25, 0.3) is 0 Å². The second-order valence-corrected chi connectivity index (χ2v) is 9.72. The predicted octanol–water partition coefficient (Wildman–Crippen LogP) is 5.90. The standard InChI is InChI=1S/C22H24F6N2O5S/c1-5-36(32,33)35-19-8-14(6-7-18(19)34-4)12-30(13(2)3)20(31)29-17-10-15(21(23,24)25)9-16(11-17)22(26,27)28/h6-11,13H,5,12H2,1-4H3,(H,29,31). The molecule has 2 aromatic carbocycles. The average molecular weight is 542 g/mol. The molecule has 0 heterocycles. The highest BCUT2D eigenvalue weighted by Crippen LogP contribution is 2.37. The first-order valence-electron chi connectivity index (χ1n) is 10.4. The SMILES string of the molecule is CCS(=O)(=O)Oc1cc(CN(C(=O)Nc2cc(C(F)(F)F)cc(C(F)(F)F)c2)C(C)C)ccc1OC. The van der Waals surface area contributed by atoms with Crippen LogP contribution in [0.3, 0.4) is 0 Å². The Morgan fingerprint density at radius 2 is 1.53 bits per heavy atom. The fraction of sp³-hybridized carbons (Fsp3) is 0.409. The van der Waals surface area contributed by atoms with Crippen molar-refractivity contribution in [3.05, 3.63) is 53.1 Å². The van der Waals surface area contributed by atoms with Crippen LogP contribution in [-0.2, 0) is 29.0 Å². The lowest BCUT2D eigenvalue weighted by Gasteiger charge is -2.27. The summed E-state index contributed by atoms with van der Waals surface area (Å²) in [7, 11) is -2.62. The van der Waals surface area contributed by atoms with Crippen molar-refractivity contribution in [2.24, 2.45) is 0 Å². The van der Waals surface area contributed by atoms with Gasteiger partial charge in [0.05, 0.1) is 24.0 Å². The van der Waals surface area contributed by atoms with Gasteiger partial charge in [-0.2, -0.15) is 34.8 Å². The molecule has 0 unspecified atom stereocenters. The van der Waals surface area contributed by atoms with E-state index in [1.807, 2.05) is 0 Å². The number of nitrogens with zero attached hydrogens (tertiary/aromatic N) is 1. The number of methoxy groups -OCH3 is 1. The van der Waals surface area contributed by atoms with E-state index in [9.17, 15) is 39.6 Å². The van der Waals surface area contributed by atoms with Gasteiger partial charge in [0, 0.05) is 18.3 Å².